The second-order valence-corrected chi connectivity index (χ2v) is 3.58. The number of rotatable bonds is 3. The van der Waals surface area contributed by atoms with E-state index < -0.39 is 0 Å². The second-order valence-electron chi connectivity index (χ2n) is 3.13. The summed E-state index contributed by atoms with van der Waals surface area (Å²) in [5, 5.41) is 0. The highest BCUT2D eigenvalue weighted by atomic mass is 32.1. The average Bonchev–Trinajstić information content (AvgIpc) is 2.17. The zero-order valence-corrected chi connectivity index (χ0v) is 8.84. The summed E-state index contributed by atoms with van der Waals surface area (Å²) in [6, 6.07) is 5.98. The van der Waals surface area contributed by atoms with E-state index in [0.717, 1.165) is 23.2 Å². The predicted octanol–water partition coefficient (Wildman–Crippen LogP) is 2.84. The maximum absolute atomic E-state index is 10.6. The molecule has 0 aliphatic carbocycles. The van der Waals surface area contributed by atoms with E-state index in [1.54, 1.807) is 0 Å². The molecule has 0 saturated heterocycles. The van der Waals surface area contributed by atoms with Crippen molar-refractivity contribution in [3.63, 3.8) is 0 Å². The van der Waals surface area contributed by atoms with Crippen molar-refractivity contribution < 1.29 is 4.79 Å². The summed E-state index contributed by atoms with van der Waals surface area (Å²) >= 11 is 4.43. The summed E-state index contributed by atoms with van der Waals surface area (Å²) in [5.74, 6) is -0.0565. The van der Waals surface area contributed by atoms with Crippen LogP contribution in [0.1, 0.15) is 30.9 Å². The lowest BCUT2D eigenvalue weighted by atomic mass is 9.99. The van der Waals surface area contributed by atoms with Crippen LogP contribution in [0.15, 0.2) is 23.1 Å². The lowest BCUT2D eigenvalue weighted by molar-refractivity contribution is -0.108. The van der Waals surface area contributed by atoms with Gasteiger partial charge < -0.3 is 4.79 Å². The predicted molar refractivity (Wildman–Crippen MR) is 57.6 cm³/mol. The molecule has 1 aromatic carbocycles. The number of benzene rings is 1. The number of hydrogen-bond donors (Lipinski definition) is 1. The summed E-state index contributed by atoms with van der Waals surface area (Å²) in [6.07, 6.45) is 1.91. The minimum Gasteiger partial charge on any atom is -0.303 e. The molecule has 0 spiro atoms. The summed E-state index contributed by atoms with van der Waals surface area (Å²) in [4.78, 5) is 11.6. The molecule has 1 nitrogen and oxygen atoms in total. The summed E-state index contributed by atoms with van der Waals surface area (Å²) < 4.78 is 0. The zero-order chi connectivity index (χ0) is 9.84. The van der Waals surface area contributed by atoms with E-state index in [9.17, 15) is 4.79 Å². The molecule has 2 heteroatoms. The largest absolute Gasteiger partial charge is 0.303 e. The Kier molecular flexibility index (Phi) is 3.55. The first kappa shape index (κ1) is 10.3. The Balaban J connectivity index is 3.14. The monoisotopic (exact) mass is 194 g/mol. The summed E-state index contributed by atoms with van der Waals surface area (Å²) in [7, 11) is 0. The lowest BCUT2D eigenvalue weighted by Crippen LogP contribution is -1.98. The first-order chi connectivity index (χ1) is 6.20. The first-order valence-electron chi connectivity index (χ1n) is 4.46. The number of aryl methyl sites for hydroxylation is 1. The summed E-state index contributed by atoms with van der Waals surface area (Å²) in [5.41, 5.74) is 2.23. The van der Waals surface area contributed by atoms with Gasteiger partial charge in [-0.15, -0.1) is 12.6 Å². The van der Waals surface area contributed by atoms with Crippen LogP contribution in [0.25, 0.3) is 0 Å². The van der Waals surface area contributed by atoms with Gasteiger partial charge in [-0.1, -0.05) is 32.0 Å². The van der Waals surface area contributed by atoms with Gasteiger partial charge in [0.05, 0.1) is 0 Å². The highest BCUT2D eigenvalue weighted by Crippen LogP contribution is 2.25. The van der Waals surface area contributed by atoms with Gasteiger partial charge in [-0.25, -0.2) is 0 Å². The van der Waals surface area contributed by atoms with Crippen molar-refractivity contribution in [3.8, 4) is 0 Å². The maximum atomic E-state index is 10.6. The minimum absolute atomic E-state index is 0.0565. The van der Waals surface area contributed by atoms with Gasteiger partial charge in [0.1, 0.15) is 6.29 Å². The Morgan fingerprint density at radius 2 is 2.23 bits per heavy atom. The van der Waals surface area contributed by atoms with Gasteiger partial charge >= 0.3 is 0 Å². The fourth-order valence-corrected chi connectivity index (χ4v) is 1.85. The molecule has 0 bridgehead atoms. The van der Waals surface area contributed by atoms with Crippen molar-refractivity contribution in [1.82, 2.24) is 0 Å². The Labute approximate surface area is 84.6 Å². The van der Waals surface area contributed by atoms with Crippen LogP contribution in [-0.2, 0) is 11.2 Å². The molecule has 1 unspecified atom stereocenters. The number of carbonyl (C=O) groups excluding carboxylic acids is 1. The Hall–Kier alpha value is -0.760. The van der Waals surface area contributed by atoms with E-state index in [1.807, 2.05) is 25.1 Å². The Bertz CT molecular complexity index is 307. The third-order valence-corrected chi connectivity index (χ3v) is 2.77. The first-order valence-corrected chi connectivity index (χ1v) is 4.91. The number of thiol groups is 1. The molecular weight excluding hydrogens is 180 g/mol. The van der Waals surface area contributed by atoms with Crippen LogP contribution in [0.5, 0.6) is 0 Å². The zero-order valence-electron chi connectivity index (χ0n) is 7.95. The molecule has 0 aromatic heterocycles. The van der Waals surface area contributed by atoms with Crippen molar-refractivity contribution in [2.45, 2.75) is 31.1 Å². The highest BCUT2D eigenvalue weighted by molar-refractivity contribution is 7.80. The van der Waals surface area contributed by atoms with Crippen LogP contribution in [0.3, 0.4) is 0 Å². The van der Waals surface area contributed by atoms with Crippen LogP contribution in [0.2, 0.25) is 0 Å². The molecule has 1 rings (SSSR count). The molecule has 1 atom stereocenters. The van der Waals surface area contributed by atoms with E-state index in [4.69, 9.17) is 0 Å². The third-order valence-electron chi connectivity index (χ3n) is 2.23. The van der Waals surface area contributed by atoms with Crippen molar-refractivity contribution in [3.05, 3.63) is 29.3 Å². The molecule has 0 aliphatic heterocycles. The van der Waals surface area contributed by atoms with Crippen LogP contribution in [0.4, 0.5) is 0 Å². The fourth-order valence-electron chi connectivity index (χ4n) is 1.34. The minimum atomic E-state index is -0.0565. The second kappa shape index (κ2) is 4.47. The normalized spacial score (nSPS) is 12.5. The van der Waals surface area contributed by atoms with Gasteiger partial charge in [-0.05, 0) is 17.5 Å². The lowest BCUT2D eigenvalue weighted by Gasteiger charge is -2.10. The van der Waals surface area contributed by atoms with Crippen LogP contribution < -0.4 is 0 Å². The number of aldehydes is 1. The van der Waals surface area contributed by atoms with Gasteiger partial charge in [-0.3, -0.25) is 0 Å². The summed E-state index contributed by atoms with van der Waals surface area (Å²) in [6.45, 7) is 3.98. The molecule has 70 valence electrons. The van der Waals surface area contributed by atoms with Gasteiger partial charge in [0.2, 0.25) is 0 Å². The topological polar surface area (TPSA) is 17.1 Å². The third kappa shape index (κ3) is 2.13. The fraction of sp³-hybridized carbons (Fsp3) is 0.364. The molecule has 0 N–H and O–H groups in total. The van der Waals surface area contributed by atoms with Gasteiger partial charge in [-0.2, -0.15) is 0 Å². The SMILES string of the molecule is CCc1cccc(C(C)C=O)c1S. The van der Waals surface area contributed by atoms with Crippen LogP contribution >= 0.6 is 12.6 Å². The van der Waals surface area contributed by atoms with Crippen molar-refractivity contribution in [1.29, 1.82) is 0 Å². The molecule has 0 aliphatic rings. The molecule has 0 saturated carbocycles. The average molecular weight is 194 g/mol. The van der Waals surface area contributed by atoms with E-state index in [-0.39, 0.29) is 5.92 Å². The van der Waals surface area contributed by atoms with Crippen molar-refractivity contribution in [2.75, 3.05) is 0 Å². The standard InChI is InChI=1S/C11H14OS/c1-3-9-5-4-6-10(11(9)13)8(2)7-12/h4-8,13H,3H2,1-2H3. The molecule has 0 fully saturated rings. The highest BCUT2D eigenvalue weighted by Gasteiger charge is 2.09. The van der Waals surface area contributed by atoms with E-state index in [0.29, 0.717) is 0 Å². The number of hydrogen-bond acceptors (Lipinski definition) is 2. The van der Waals surface area contributed by atoms with Crippen LogP contribution in [-0.4, -0.2) is 6.29 Å². The van der Waals surface area contributed by atoms with Crippen LogP contribution in [0, 0.1) is 0 Å². The Morgan fingerprint density at radius 3 is 2.77 bits per heavy atom. The van der Waals surface area contributed by atoms with Crippen molar-refractivity contribution in [2.24, 2.45) is 0 Å². The van der Waals surface area contributed by atoms with E-state index in [2.05, 4.69) is 19.6 Å². The molecule has 0 amide bonds. The molecule has 0 heterocycles. The van der Waals surface area contributed by atoms with Gasteiger partial charge in [0.15, 0.2) is 0 Å². The van der Waals surface area contributed by atoms with Crippen molar-refractivity contribution >= 4 is 18.9 Å². The van der Waals surface area contributed by atoms with E-state index >= 15 is 0 Å². The smallest absolute Gasteiger partial charge is 0.127 e. The quantitative estimate of drug-likeness (QED) is 0.578. The van der Waals surface area contributed by atoms with Gasteiger partial charge in [0, 0.05) is 10.8 Å². The molecule has 13 heavy (non-hydrogen) atoms. The molecular formula is C11H14OS. The van der Waals surface area contributed by atoms with Gasteiger partial charge in [0.25, 0.3) is 0 Å². The molecule has 0 radical (unpaired) electrons. The maximum Gasteiger partial charge on any atom is 0.127 e. The number of carbonyl (C=O) groups is 1. The van der Waals surface area contributed by atoms with E-state index in [1.165, 1.54) is 5.56 Å². The Morgan fingerprint density at radius 1 is 1.54 bits per heavy atom. The molecule has 1 aromatic rings.